The van der Waals surface area contributed by atoms with Crippen LogP contribution in [-0.4, -0.2) is 12.6 Å². The molecule has 1 aliphatic heterocycles. The van der Waals surface area contributed by atoms with Crippen molar-refractivity contribution >= 4 is 11.7 Å². The maximum Gasteiger partial charge on any atom is 0.339 e. The van der Waals surface area contributed by atoms with E-state index < -0.39 is 0 Å². The van der Waals surface area contributed by atoms with Gasteiger partial charge in [-0.2, -0.15) is 0 Å². The summed E-state index contributed by atoms with van der Waals surface area (Å²) in [5.41, 5.74) is 3.24. The molecule has 3 heteroatoms. The molecule has 2 rings (SSSR count). The van der Waals surface area contributed by atoms with Crippen LogP contribution in [0.3, 0.4) is 0 Å². The number of carbonyl (C=O) groups is 1. The molecule has 1 aromatic carbocycles. The highest BCUT2D eigenvalue weighted by atomic mass is 16.5. The topological polar surface area (TPSA) is 29.5 Å². The first kappa shape index (κ1) is 13.1. The van der Waals surface area contributed by atoms with Gasteiger partial charge in [-0.15, -0.1) is 0 Å². The van der Waals surface area contributed by atoms with Crippen molar-refractivity contribution in [2.75, 3.05) is 11.5 Å². The summed E-state index contributed by atoms with van der Waals surface area (Å²) in [6.07, 6.45) is 3.67. The first-order chi connectivity index (χ1) is 9.13. The molecule has 0 saturated carbocycles. The van der Waals surface area contributed by atoms with E-state index in [9.17, 15) is 4.79 Å². The smallest absolute Gasteiger partial charge is 0.339 e. The Hall–Kier alpha value is -2.29. The second-order valence-corrected chi connectivity index (χ2v) is 4.29. The maximum atomic E-state index is 11.9. The highest BCUT2D eigenvalue weighted by molar-refractivity contribution is 5.95. The van der Waals surface area contributed by atoms with Crippen molar-refractivity contribution in [2.45, 2.75) is 13.8 Å². The maximum absolute atomic E-state index is 11.9. The summed E-state index contributed by atoms with van der Waals surface area (Å²) in [4.78, 5) is 13.8. The second kappa shape index (κ2) is 5.57. The lowest BCUT2D eigenvalue weighted by atomic mass is 10.0. The number of hydrogen-bond donors (Lipinski definition) is 0. The molecule has 0 amide bonds. The summed E-state index contributed by atoms with van der Waals surface area (Å²) >= 11 is 0. The third kappa shape index (κ3) is 2.76. The molecule has 0 unspecified atom stereocenters. The van der Waals surface area contributed by atoms with E-state index in [2.05, 4.69) is 6.58 Å². The molecule has 19 heavy (non-hydrogen) atoms. The minimum atomic E-state index is -0.301. The zero-order valence-corrected chi connectivity index (χ0v) is 11.2. The van der Waals surface area contributed by atoms with Crippen LogP contribution in [-0.2, 0) is 9.53 Å². The largest absolute Gasteiger partial charge is 0.462 e. The number of carbonyl (C=O) groups excluding carboxylic acids is 1. The van der Waals surface area contributed by atoms with Crippen LogP contribution < -0.4 is 4.90 Å². The van der Waals surface area contributed by atoms with Gasteiger partial charge in [0.05, 0.1) is 12.2 Å². The van der Waals surface area contributed by atoms with Gasteiger partial charge < -0.3 is 9.64 Å². The zero-order valence-electron chi connectivity index (χ0n) is 11.2. The van der Waals surface area contributed by atoms with Crippen molar-refractivity contribution < 1.29 is 9.53 Å². The van der Waals surface area contributed by atoms with Gasteiger partial charge in [-0.1, -0.05) is 24.8 Å². The van der Waals surface area contributed by atoms with Gasteiger partial charge in [0, 0.05) is 17.6 Å². The predicted octanol–water partition coefficient (Wildman–Crippen LogP) is 3.41. The molecule has 0 N–H and O–H groups in total. The number of esters is 1. The Morgan fingerprint density at radius 1 is 1.32 bits per heavy atom. The van der Waals surface area contributed by atoms with Crippen LogP contribution >= 0.6 is 0 Å². The molecular formula is C16H17NO2. The van der Waals surface area contributed by atoms with E-state index in [1.54, 1.807) is 13.1 Å². The molecule has 0 bridgehead atoms. The van der Waals surface area contributed by atoms with Crippen LogP contribution in [0.1, 0.15) is 13.8 Å². The standard InChI is InChI=1S/C16H17NO2/c1-4-19-16(18)15-11-17(13(3)10-12(15)2)14-8-6-5-7-9-14/h5-11H,3-4H2,1-2H3. The van der Waals surface area contributed by atoms with Gasteiger partial charge in [0.2, 0.25) is 0 Å². The highest BCUT2D eigenvalue weighted by Gasteiger charge is 2.20. The number of rotatable bonds is 3. The average Bonchev–Trinajstić information content (AvgIpc) is 2.40. The number of anilines is 1. The Bertz CT molecular complexity index is 555. The molecule has 0 saturated heterocycles. The number of allylic oxidation sites excluding steroid dienone is 1. The van der Waals surface area contributed by atoms with Crippen molar-refractivity contribution in [3.63, 3.8) is 0 Å². The van der Waals surface area contributed by atoms with Gasteiger partial charge in [-0.3, -0.25) is 0 Å². The number of hydrogen-bond acceptors (Lipinski definition) is 3. The SMILES string of the molecule is C=C1C=C(C)C(C(=O)OCC)=CN1c1ccccc1. The molecule has 0 aromatic heterocycles. The van der Waals surface area contributed by atoms with E-state index in [0.717, 1.165) is 17.0 Å². The quantitative estimate of drug-likeness (QED) is 0.775. The van der Waals surface area contributed by atoms with Crippen molar-refractivity contribution in [3.8, 4) is 0 Å². The van der Waals surface area contributed by atoms with Crippen molar-refractivity contribution in [1.82, 2.24) is 0 Å². The van der Waals surface area contributed by atoms with Crippen LogP contribution in [0.5, 0.6) is 0 Å². The van der Waals surface area contributed by atoms with E-state index in [4.69, 9.17) is 4.74 Å². The molecule has 3 nitrogen and oxygen atoms in total. The normalized spacial score (nSPS) is 14.8. The molecule has 1 aliphatic rings. The summed E-state index contributed by atoms with van der Waals surface area (Å²) < 4.78 is 5.07. The minimum Gasteiger partial charge on any atom is -0.462 e. The van der Waals surface area contributed by atoms with E-state index >= 15 is 0 Å². The number of nitrogens with zero attached hydrogens (tertiary/aromatic N) is 1. The number of ether oxygens (including phenoxy) is 1. The number of benzene rings is 1. The van der Waals surface area contributed by atoms with Crippen molar-refractivity contribution in [2.24, 2.45) is 0 Å². The molecule has 0 radical (unpaired) electrons. The second-order valence-electron chi connectivity index (χ2n) is 4.29. The van der Waals surface area contributed by atoms with Crippen LogP contribution in [0.4, 0.5) is 5.69 Å². The van der Waals surface area contributed by atoms with Crippen molar-refractivity contribution in [3.05, 3.63) is 66.0 Å². The molecule has 0 fully saturated rings. The van der Waals surface area contributed by atoms with E-state index in [1.807, 2.05) is 48.2 Å². The Labute approximate surface area is 113 Å². The zero-order chi connectivity index (χ0) is 13.8. The van der Waals surface area contributed by atoms with E-state index in [1.165, 1.54) is 0 Å². The van der Waals surface area contributed by atoms with E-state index in [0.29, 0.717) is 12.2 Å². The Kier molecular flexibility index (Phi) is 3.85. The molecule has 1 heterocycles. The van der Waals surface area contributed by atoms with Crippen LogP contribution in [0.2, 0.25) is 0 Å². The third-order valence-corrected chi connectivity index (χ3v) is 2.91. The lowest BCUT2D eigenvalue weighted by Crippen LogP contribution is -2.22. The fourth-order valence-corrected chi connectivity index (χ4v) is 1.96. The molecule has 0 atom stereocenters. The summed E-state index contributed by atoms with van der Waals surface area (Å²) in [6.45, 7) is 8.07. The average molecular weight is 255 g/mol. The van der Waals surface area contributed by atoms with Crippen LogP contribution in [0.15, 0.2) is 66.0 Å². The van der Waals surface area contributed by atoms with Gasteiger partial charge in [0.25, 0.3) is 0 Å². The Morgan fingerprint density at radius 3 is 2.63 bits per heavy atom. The Balaban J connectivity index is 2.36. The summed E-state index contributed by atoms with van der Waals surface area (Å²) in [5.74, 6) is -0.301. The summed E-state index contributed by atoms with van der Waals surface area (Å²) in [7, 11) is 0. The van der Waals surface area contributed by atoms with Crippen molar-refractivity contribution in [1.29, 1.82) is 0 Å². The molecule has 1 aromatic rings. The monoisotopic (exact) mass is 255 g/mol. The molecule has 0 spiro atoms. The fourth-order valence-electron chi connectivity index (χ4n) is 1.96. The van der Waals surface area contributed by atoms with Crippen LogP contribution in [0.25, 0.3) is 0 Å². The molecule has 0 aliphatic carbocycles. The predicted molar refractivity (Wildman–Crippen MR) is 76.5 cm³/mol. The van der Waals surface area contributed by atoms with Gasteiger partial charge >= 0.3 is 5.97 Å². The van der Waals surface area contributed by atoms with Gasteiger partial charge in [0.1, 0.15) is 0 Å². The first-order valence-corrected chi connectivity index (χ1v) is 6.24. The first-order valence-electron chi connectivity index (χ1n) is 6.24. The van der Waals surface area contributed by atoms with Gasteiger partial charge in [0.15, 0.2) is 0 Å². The van der Waals surface area contributed by atoms with Crippen LogP contribution in [0, 0.1) is 0 Å². The van der Waals surface area contributed by atoms with Gasteiger partial charge in [-0.25, -0.2) is 4.79 Å². The van der Waals surface area contributed by atoms with Gasteiger partial charge in [-0.05, 0) is 37.6 Å². The summed E-state index contributed by atoms with van der Waals surface area (Å²) in [5, 5.41) is 0. The lowest BCUT2D eigenvalue weighted by Gasteiger charge is -2.26. The minimum absolute atomic E-state index is 0.301. The molecule has 98 valence electrons. The lowest BCUT2D eigenvalue weighted by molar-refractivity contribution is -0.138. The highest BCUT2D eigenvalue weighted by Crippen LogP contribution is 2.28. The summed E-state index contributed by atoms with van der Waals surface area (Å²) in [6, 6.07) is 9.79. The third-order valence-electron chi connectivity index (χ3n) is 2.91. The van der Waals surface area contributed by atoms with E-state index in [-0.39, 0.29) is 5.97 Å². The molecular weight excluding hydrogens is 238 g/mol. The number of para-hydroxylation sites is 1. The Morgan fingerprint density at radius 2 is 2.00 bits per heavy atom. The fraction of sp³-hybridized carbons (Fsp3) is 0.188.